The van der Waals surface area contributed by atoms with Crippen molar-refractivity contribution in [3.8, 4) is 0 Å². The van der Waals surface area contributed by atoms with Gasteiger partial charge in [-0.1, -0.05) is 85.0 Å². The van der Waals surface area contributed by atoms with Crippen LogP contribution in [0.25, 0.3) is 16.3 Å². The summed E-state index contributed by atoms with van der Waals surface area (Å²) in [6, 6.07) is 22.4. The van der Waals surface area contributed by atoms with Gasteiger partial charge in [-0.15, -0.1) is 0 Å². The summed E-state index contributed by atoms with van der Waals surface area (Å²) >= 11 is 0. The number of hydrogen-bond acceptors (Lipinski definition) is 1. The van der Waals surface area contributed by atoms with Crippen molar-refractivity contribution in [1.82, 2.24) is 0 Å². The topological polar surface area (TPSA) is 20.2 Å². The predicted octanol–water partition coefficient (Wildman–Crippen LogP) is 5.26. The van der Waals surface area contributed by atoms with Crippen LogP contribution in [0.4, 0.5) is 0 Å². The van der Waals surface area contributed by atoms with Crippen molar-refractivity contribution in [3.05, 3.63) is 102 Å². The van der Waals surface area contributed by atoms with Crippen molar-refractivity contribution >= 4 is 16.3 Å². The first-order valence-electron chi connectivity index (χ1n) is 7.95. The van der Waals surface area contributed by atoms with E-state index in [0.29, 0.717) is 0 Å². The molecule has 0 bridgehead atoms. The average molecular weight is 298 g/mol. The molecule has 0 aliphatic heterocycles. The quantitative estimate of drug-likeness (QED) is 0.699. The van der Waals surface area contributed by atoms with E-state index in [0.717, 1.165) is 33.9 Å². The van der Waals surface area contributed by atoms with Crippen LogP contribution in [0.15, 0.2) is 85.0 Å². The van der Waals surface area contributed by atoms with Crippen molar-refractivity contribution in [3.63, 3.8) is 0 Å². The van der Waals surface area contributed by atoms with Crippen LogP contribution in [0, 0.1) is 0 Å². The fourth-order valence-electron chi connectivity index (χ4n) is 3.32. The molecular weight excluding hydrogens is 280 g/mol. The molecule has 23 heavy (non-hydrogen) atoms. The van der Waals surface area contributed by atoms with Crippen molar-refractivity contribution in [2.24, 2.45) is 0 Å². The second-order valence-corrected chi connectivity index (χ2v) is 5.89. The number of fused-ring (bicyclic) bond motifs is 1. The van der Waals surface area contributed by atoms with E-state index in [1.54, 1.807) is 0 Å². The number of aliphatic hydroxyl groups excluding tert-OH is 1. The number of rotatable bonds is 3. The van der Waals surface area contributed by atoms with Crippen LogP contribution in [0.2, 0.25) is 0 Å². The van der Waals surface area contributed by atoms with Crippen LogP contribution in [0.1, 0.15) is 29.2 Å². The van der Waals surface area contributed by atoms with Gasteiger partial charge in [-0.3, -0.25) is 0 Å². The minimum Gasteiger partial charge on any atom is -0.384 e. The van der Waals surface area contributed by atoms with E-state index in [9.17, 15) is 5.11 Å². The van der Waals surface area contributed by atoms with E-state index in [1.165, 1.54) is 5.57 Å². The highest BCUT2D eigenvalue weighted by Crippen LogP contribution is 2.37. The Kier molecular flexibility index (Phi) is 3.57. The Balaban J connectivity index is 1.96. The molecule has 0 aromatic heterocycles. The Bertz CT molecular complexity index is 904. The summed E-state index contributed by atoms with van der Waals surface area (Å²) in [6.45, 7) is 0. The maximum Gasteiger partial charge on any atom is 0.105 e. The summed E-state index contributed by atoms with van der Waals surface area (Å²) < 4.78 is 0. The molecule has 112 valence electrons. The van der Waals surface area contributed by atoms with Crippen molar-refractivity contribution in [2.75, 3.05) is 0 Å². The third kappa shape index (κ3) is 2.49. The Hall–Kier alpha value is -2.64. The van der Waals surface area contributed by atoms with Gasteiger partial charge in [0.2, 0.25) is 0 Å². The summed E-state index contributed by atoms with van der Waals surface area (Å²) in [4.78, 5) is 0. The first-order chi connectivity index (χ1) is 11.3. The molecular formula is C22H18O. The maximum absolute atomic E-state index is 11.1. The highest BCUT2D eigenvalue weighted by atomic mass is 16.3. The van der Waals surface area contributed by atoms with Crippen LogP contribution in [0.5, 0.6) is 0 Å². The summed E-state index contributed by atoms with van der Waals surface area (Å²) in [7, 11) is 0. The molecule has 1 N–H and O–H groups in total. The Morgan fingerprint density at radius 3 is 2.39 bits per heavy atom. The van der Waals surface area contributed by atoms with E-state index < -0.39 is 6.10 Å². The fraction of sp³-hybridized carbons (Fsp3) is 0.0909. The highest BCUT2D eigenvalue weighted by molar-refractivity contribution is 5.92. The van der Waals surface area contributed by atoms with E-state index in [2.05, 4.69) is 42.5 Å². The molecule has 0 amide bonds. The first kappa shape index (κ1) is 14.0. The number of benzene rings is 3. The van der Waals surface area contributed by atoms with Gasteiger partial charge in [0.1, 0.15) is 6.10 Å². The maximum atomic E-state index is 11.1. The molecule has 0 saturated heterocycles. The molecule has 3 aromatic rings. The lowest BCUT2D eigenvalue weighted by molar-refractivity contribution is 0.221. The lowest BCUT2D eigenvalue weighted by Crippen LogP contribution is -2.04. The van der Waals surface area contributed by atoms with Crippen LogP contribution < -0.4 is 0 Å². The van der Waals surface area contributed by atoms with Gasteiger partial charge in [0.25, 0.3) is 0 Å². The molecule has 1 heteroatoms. The zero-order valence-electron chi connectivity index (χ0n) is 12.8. The standard InChI is InChI=1S/C22H18O/c23-22(18-11-2-1-3-12-18)21-19-13-7-6-10-17(19)14-15-20(21)16-8-4-5-9-16/h1-8,10-15,22-23H,9H2. The average Bonchev–Trinajstić information content (AvgIpc) is 3.15. The fourth-order valence-corrected chi connectivity index (χ4v) is 3.32. The van der Waals surface area contributed by atoms with Gasteiger partial charge in [-0.2, -0.15) is 0 Å². The molecule has 1 aliphatic rings. The zero-order chi connectivity index (χ0) is 15.6. The van der Waals surface area contributed by atoms with Gasteiger partial charge in [-0.05, 0) is 33.9 Å². The third-order valence-electron chi connectivity index (χ3n) is 4.48. The third-order valence-corrected chi connectivity index (χ3v) is 4.48. The predicted molar refractivity (Wildman–Crippen MR) is 96.2 cm³/mol. The van der Waals surface area contributed by atoms with Gasteiger partial charge in [0.05, 0.1) is 0 Å². The lowest BCUT2D eigenvalue weighted by atomic mass is 9.88. The first-order valence-corrected chi connectivity index (χ1v) is 7.95. The molecule has 1 unspecified atom stereocenters. The minimum atomic E-state index is -0.626. The lowest BCUT2D eigenvalue weighted by Gasteiger charge is -2.19. The molecule has 4 rings (SSSR count). The van der Waals surface area contributed by atoms with E-state index in [-0.39, 0.29) is 0 Å². The van der Waals surface area contributed by atoms with E-state index >= 15 is 0 Å². The minimum absolute atomic E-state index is 0.626. The summed E-state index contributed by atoms with van der Waals surface area (Å²) in [5.41, 5.74) is 4.34. The van der Waals surface area contributed by atoms with Gasteiger partial charge >= 0.3 is 0 Å². The van der Waals surface area contributed by atoms with E-state index in [4.69, 9.17) is 0 Å². The summed E-state index contributed by atoms with van der Waals surface area (Å²) in [5, 5.41) is 13.4. The Labute approximate surface area is 136 Å². The highest BCUT2D eigenvalue weighted by Gasteiger charge is 2.20. The second kappa shape index (κ2) is 5.86. The molecule has 0 spiro atoms. The Morgan fingerprint density at radius 2 is 1.61 bits per heavy atom. The summed E-state index contributed by atoms with van der Waals surface area (Å²) in [6.07, 6.45) is 6.68. The van der Waals surface area contributed by atoms with Crippen molar-refractivity contribution in [1.29, 1.82) is 0 Å². The van der Waals surface area contributed by atoms with Crippen molar-refractivity contribution < 1.29 is 5.11 Å². The molecule has 3 aromatic carbocycles. The molecule has 0 saturated carbocycles. The van der Waals surface area contributed by atoms with E-state index in [1.807, 2.05) is 42.5 Å². The summed E-state index contributed by atoms with van der Waals surface area (Å²) in [5.74, 6) is 0. The number of allylic oxidation sites excluding steroid dienone is 4. The molecule has 0 radical (unpaired) electrons. The molecule has 0 heterocycles. The second-order valence-electron chi connectivity index (χ2n) is 5.89. The van der Waals surface area contributed by atoms with Gasteiger partial charge in [0.15, 0.2) is 0 Å². The monoisotopic (exact) mass is 298 g/mol. The van der Waals surface area contributed by atoms with Gasteiger partial charge in [0, 0.05) is 5.56 Å². The largest absolute Gasteiger partial charge is 0.384 e. The zero-order valence-corrected chi connectivity index (χ0v) is 12.8. The molecule has 1 nitrogen and oxygen atoms in total. The Morgan fingerprint density at radius 1 is 0.826 bits per heavy atom. The number of aliphatic hydroxyl groups is 1. The normalized spacial score (nSPS) is 14.9. The van der Waals surface area contributed by atoms with Crippen molar-refractivity contribution in [2.45, 2.75) is 12.5 Å². The molecule has 1 atom stereocenters. The smallest absolute Gasteiger partial charge is 0.105 e. The van der Waals surface area contributed by atoms with Crippen LogP contribution in [0.3, 0.4) is 0 Å². The van der Waals surface area contributed by atoms with Gasteiger partial charge in [-0.25, -0.2) is 0 Å². The SMILES string of the molecule is OC(c1ccccc1)c1c(C2=CC=CC2)ccc2ccccc12. The molecule has 1 aliphatic carbocycles. The number of hydrogen-bond donors (Lipinski definition) is 1. The molecule has 0 fully saturated rings. The van der Waals surface area contributed by atoms with Crippen LogP contribution in [-0.4, -0.2) is 5.11 Å². The van der Waals surface area contributed by atoms with Crippen LogP contribution in [-0.2, 0) is 0 Å². The van der Waals surface area contributed by atoms with Crippen LogP contribution >= 0.6 is 0 Å². The van der Waals surface area contributed by atoms with Gasteiger partial charge < -0.3 is 5.11 Å².